The SMILES string of the molecule is COC[C@H](C)OC(=O)OCC(C)C. The Morgan fingerprint density at radius 1 is 1.23 bits per heavy atom. The summed E-state index contributed by atoms with van der Waals surface area (Å²) in [4.78, 5) is 10.9. The van der Waals surface area contributed by atoms with E-state index in [1.807, 2.05) is 13.8 Å². The second kappa shape index (κ2) is 6.71. The van der Waals surface area contributed by atoms with E-state index in [0.717, 1.165) is 0 Å². The molecule has 78 valence electrons. The van der Waals surface area contributed by atoms with Gasteiger partial charge >= 0.3 is 6.16 Å². The number of hydrogen-bond acceptors (Lipinski definition) is 4. The molecular weight excluding hydrogens is 172 g/mol. The molecule has 4 nitrogen and oxygen atoms in total. The van der Waals surface area contributed by atoms with Crippen molar-refractivity contribution in [3.05, 3.63) is 0 Å². The van der Waals surface area contributed by atoms with Gasteiger partial charge in [0.1, 0.15) is 6.10 Å². The van der Waals surface area contributed by atoms with Crippen LogP contribution in [0.3, 0.4) is 0 Å². The van der Waals surface area contributed by atoms with Crippen molar-refractivity contribution in [2.24, 2.45) is 5.92 Å². The van der Waals surface area contributed by atoms with E-state index in [-0.39, 0.29) is 6.10 Å². The van der Waals surface area contributed by atoms with Gasteiger partial charge in [-0.3, -0.25) is 0 Å². The summed E-state index contributed by atoms with van der Waals surface area (Å²) < 4.78 is 14.5. The third kappa shape index (κ3) is 7.59. The Kier molecular flexibility index (Phi) is 6.32. The van der Waals surface area contributed by atoms with Gasteiger partial charge in [0.05, 0.1) is 13.2 Å². The molecule has 0 N–H and O–H groups in total. The van der Waals surface area contributed by atoms with Crippen LogP contribution in [0.2, 0.25) is 0 Å². The first kappa shape index (κ1) is 12.2. The average molecular weight is 190 g/mol. The van der Waals surface area contributed by atoms with Crippen molar-refractivity contribution in [1.29, 1.82) is 0 Å². The quantitative estimate of drug-likeness (QED) is 0.620. The van der Waals surface area contributed by atoms with E-state index < -0.39 is 6.16 Å². The van der Waals surface area contributed by atoms with Gasteiger partial charge in [0.2, 0.25) is 0 Å². The van der Waals surface area contributed by atoms with E-state index in [0.29, 0.717) is 19.1 Å². The maximum atomic E-state index is 10.9. The summed E-state index contributed by atoms with van der Waals surface area (Å²) in [6, 6.07) is 0. The van der Waals surface area contributed by atoms with Gasteiger partial charge in [0.15, 0.2) is 0 Å². The van der Waals surface area contributed by atoms with Crippen LogP contribution < -0.4 is 0 Å². The number of carbonyl (C=O) groups excluding carboxylic acids is 1. The molecule has 0 saturated heterocycles. The van der Waals surface area contributed by atoms with Gasteiger partial charge in [-0.25, -0.2) is 4.79 Å². The third-order valence-electron chi connectivity index (χ3n) is 1.23. The second-order valence-electron chi connectivity index (χ2n) is 3.34. The summed E-state index contributed by atoms with van der Waals surface area (Å²) in [5.41, 5.74) is 0. The molecule has 4 heteroatoms. The summed E-state index contributed by atoms with van der Waals surface area (Å²) in [5, 5.41) is 0. The van der Waals surface area contributed by atoms with Gasteiger partial charge in [-0.15, -0.1) is 0 Å². The van der Waals surface area contributed by atoms with Crippen molar-refractivity contribution in [1.82, 2.24) is 0 Å². The molecule has 0 heterocycles. The number of hydrogen-bond donors (Lipinski definition) is 0. The molecule has 0 fully saturated rings. The Morgan fingerprint density at radius 3 is 2.31 bits per heavy atom. The van der Waals surface area contributed by atoms with Gasteiger partial charge in [0.25, 0.3) is 0 Å². The maximum absolute atomic E-state index is 10.9. The fourth-order valence-electron chi connectivity index (χ4n) is 0.702. The maximum Gasteiger partial charge on any atom is 0.508 e. The highest BCUT2D eigenvalue weighted by Gasteiger charge is 2.10. The van der Waals surface area contributed by atoms with Crippen LogP contribution in [0.15, 0.2) is 0 Å². The Morgan fingerprint density at radius 2 is 1.85 bits per heavy atom. The van der Waals surface area contributed by atoms with Crippen molar-refractivity contribution >= 4 is 6.16 Å². The number of ether oxygens (including phenoxy) is 3. The zero-order valence-electron chi connectivity index (χ0n) is 8.70. The van der Waals surface area contributed by atoms with E-state index >= 15 is 0 Å². The highest BCUT2D eigenvalue weighted by Crippen LogP contribution is 1.98. The summed E-state index contributed by atoms with van der Waals surface area (Å²) in [5.74, 6) is 0.324. The van der Waals surface area contributed by atoms with Crippen molar-refractivity contribution in [2.45, 2.75) is 26.9 Å². The van der Waals surface area contributed by atoms with Crippen LogP contribution in [0, 0.1) is 5.92 Å². The minimum absolute atomic E-state index is 0.260. The van der Waals surface area contributed by atoms with E-state index in [4.69, 9.17) is 14.2 Å². The standard InChI is InChI=1S/C9H18O4/c1-7(2)5-12-9(10)13-8(3)6-11-4/h7-8H,5-6H2,1-4H3/t8-/m0/s1. The molecule has 0 unspecified atom stereocenters. The summed E-state index contributed by atoms with van der Waals surface area (Å²) in [7, 11) is 1.55. The number of carbonyl (C=O) groups is 1. The minimum atomic E-state index is -0.627. The summed E-state index contributed by atoms with van der Waals surface area (Å²) >= 11 is 0. The molecule has 0 aliphatic heterocycles. The zero-order valence-corrected chi connectivity index (χ0v) is 8.70. The van der Waals surface area contributed by atoms with Gasteiger partial charge in [-0.1, -0.05) is 13.8 Å². The molecule has 0 bridgehead atoms. The zero-order chi connectivity index (χ0) is 10.3. The van der Waals surface area contributed by atoms with Gasteiger partial charge in [-0.2, -0.15) is 0 Å². The Hall–Kier alpha value is -0.770. The van der Waals surface area contributed by atoms with E-state index in [9.17, 15) is 4.79 Å². The van der Waals surface area contributed by atoms with Crippen LogP contribution in [0.1, 0.15) is 20.8 Å². The first-order valence-corrected chi connectivity index (χ1v) is 4.38. The molecule has 13 heavy (non-hydrogen) atoms. The van der Waals surface area contributed by atoms with Crippen molar-refractivity contribution < 1.29 is 19.0 Å². The molecule has 0 spiro atoms. The van der Waals surface area contributed by atoms with Crippen LogP contribution in [0.5, 0.6) is 0 Å². The van der Waals surface area contributed by atoms with Crippen molar-refractivity contribution in [3.63, 3.8) is 0 Å². The molecule has 0 amide bonds. The van der Waals surface area contributed by atoms with Crippen LogP contribution in [-0.4, -0.2) is 32.6 Å². The molecule has 0 aromatic carbocycles. The van der Waals surface area contributed by atoms with Crippen LogP contribution in [0.25, 0.3) is 0 Å². The smallest absolute Gasteiger partial charge is 0.434 e. The Balaban J connectivity index is 3.50. The topological polar surface area (TPSA) is 44.8 Å². The van der Waals surface area contributed by atoms with Crippen LogP contribution >= 0.6 is 0 Å². The van der Waals surface area contributed by atoms with Crippen LogP contribution in [0.4, 0.5) is 4.79 Å². The Bertz CT molecular complexity index is 145. The largest absolute Gasteiger partial charge is 0.508 e. The monoisotopic (exact) mass is 190 g/mol. The summed E-state index contributed by atoms with van der Waals surface area (Å²) in [6.45, 7) is 6.45. The van der Waals surface area contributed by atoms with Gasteiger partial charge in [0, 0.05) is 7.11 Å². The van der Waals surface area contributed by atoms with E-state index in [1.165, 1.54) is 0 Å². The lowest BCUT2D eigenvalue weighted by molar-refractivity contribution is -0.00280. The first-order valence-electron chi connectivity index (χ1n) is 4.38. The molecule has 0 aromatic heterocycles. The molecule has 0 rings (SSSR count). The molecule has 0 aromatic rings. The Labute approximate surface area is 79.2 Å². The third-order valence-corrected chi connectivity index (χ3v) is 1.23. The normalized spacial score (nSPS) is 12.7. The predicted octanol–water partition coefficient (Wildman–Crippen LogP) is 1.83. The molecule has 1 atom stereocenters. The van der Waals surface area contributed by atoms with Crippen molar-refractivity contribution in [2.75, 3.05) is 20.3 Å². The second-order valence-corrected chi connectivity index (χ2v) is 3.34. The molecular formula is C9H18O4. The molecule has 0 radical (unpaired) electrons. The van der Waals surface area contributed by atoms with Crippen molar-refractivity contribution in [3.8, 4) is 0 Å². The van der Waals surface area contributed by atoms with E-state index in [2.05, 4.69) is 0 Å². The molecule has 0 aliphatic rings. The first-order chi connectivity index (χ1) is 6.06. The average Bonchev–Trinajstić information content (AvgIpc) is 2.01. The lowest BCUT2D eigenvalue weighted by Crippen LogP contribution is -2.21. The van der Waals surface area contributed by atoms with E-state index in [1.54, 1.807) is 14.0 Å². The lowest BCUT2D eigenvalue weighted by Gasteiger charge is -2.12. The fourth-order valence-corrected chi connectivity index (χ4v) is 0.702. The lowest BCUT2D eigenvalue weighted by atomic mass is 10.2. The van der Waals surface area contributed by atoms with Gasteiger partial charge in [-0.05, 0) is 12.8 Å². The fraction of sp³-hybridized carbons (Fsp3) is 0.889. The molecule has 0 saturated carbocycles. The highest BCUT2D eigenvalue weighted by molar-refractivity contribution is 5.60. The highest BCUT2D eigenvalue weighted by atomic mass is 16.7. The molecule has 0 aliphatic carbocycles. The predicted molar refractivity (Wildman–Crippen MR) is 48.6 cm³/mol. The summed E-state index contributed by atoms with van der Waals surface area (Å²) in [6.07, 6.45) is -0.886. The van der Waals surface area contributed by atoms with Gasteiger partial charge < -0.3 is 14.2 Å². The number of methoxy groups -OCH3 is 1. The minimum Gasteiger partial charge on any atom is -0.434 e. The number of rotatable bonds is 5. The van der Waals surface area contributed by atoms with Crippen LogP contribution in [-0.2, 0) is 14.2 Å².